The summed E-state index contributed by atoms with van der Waals surface area (Å²) >= 11 is 12.1. The first kappa shape index (κ1) is 23.3. The van der Waals surface area contributed by atoms with Gasteiger partial charge in [0.2, 0.25) is 0 Å². The molecule has 0 radical (unpaired) electrons. The van der Waals surface area contributed by atoms with Crippen molar-refractivity contribution in [3.63, 3.8) is 0 Å². The van der Waals surface area contributed by atoms with E-state index in [1.807, 2.05) is 13.0 Å². The molecule has 0 bridgehead atoms. The Morgan fingerprint density at radius 2 is 1.76 bits per heavy atom. The molecule has 0 unspecified atom stereocenters. The van der Waals surface area contributed by atoms with E-state index < -0.39 is 0 Å². The van der Waals surface area contributed by atoms with E-state index >= 15 is 0 Å². The van der Waals surface area contributed by atoms with Crippen LogP contribution < -0.4 is 15.4 Å². The second kappa shape index (κ2) is 13.7. The van der Waals surface area contributed by atoms with Gasteiger partial charge < -0.3 is 20.5 Å². The zero-order chi connectivity index (χ0) is 14.1. The Kier molecular flexibility index (Phi) is 15.2. The van der Waals surface area contributed by atoms with E-state index in [1.165, 1.54) is 0 Å². The Hall–Kier alpha value is 0.0600. The SMILES string of the molecule is CCOc1c(Cl)cc(Cl)cc1CNCCNCCO.Cl.Cl. The van der Waals surface area contributed by atoms with Gasteiger partial charge in [-0.2, -0.15) is 0 Å². The molecule has 0 aliphatic heterocycles. The summed E-state index contributed by atoms with van der Waals surface area (Å²) in [4.78, 5) is 0. The Bertz CT molecular complexity index is 395. The van der Waals surface area contributed by atoms with Crippen LogP contribution in [0.25, 0.3) is 0 Å². The molecule has 4 nitrogen and oxygen atoms in total. The average molecular weight is 380 g/mol. The van der Waals surface area contributed by atoms with Crippen molar-refractivity contribution in [1.29, 1.82) is 0 Å². The van der Waals surface area contributed by atoms with Crippen LogP contribution >= 0.6 is 48.0 Å². The van der Waals surface area contributed by atoms with Gasteiger partial charge in [0.15, 0.2) is 0 Å². The first-order valence-electron chi connectivity index (χ1n) is 6.32. The van der Waals surface area contributed by atoms with Gasteiger partial charge in [0, 0.05) is 36.8 Å². The molecule has 0 saturated carbocycles. The Morgan fingerprint density at radius 1 is 1.10 bits per heavy atom. The first-order valence-corrected chi connectivity index (χ1v) is 7.07. The lowest BCUT2D eigenvalue weighted by Gasteiger charge is -2.13. The summed E-state index contributed by atoms with van der Waals surface area (Å²) in [6, 6.07) is 3.53. The van der Waals surface area contributed by atoms with Crippen molar-refractivity contribution >= 4 is 48.0 Å². The Morgan fingerprint density at radius 3 is 2.38 bits per heavy atom. The quantitative estimate of drug-likeness (QED) is 0.577. The second-order valence-corrected chi connectivity index (χ2v) is 4.80. The van der Waals surface area contributed by atoms with E-state index in [0.29, 0.717) is 35.5 Å². The molecule has 0 spiro atoms. The molecular weight excluding hydrogens is 358 g/mol. The molecule has 8 heteroatoms. The van der Waals surface area contributed by atoms with E-state index in [2.05, 4.69) is 10.6 Å². The van der Waals surface area contributed by atoms with Crippen molar-refractivity contribution in [2.75, 3.05) is 32.8 Å². The van der Waals surface area contributed by atoms with Crippen LogP contribution in [-0.2, 0) is 6.54 Å². The van der Waals surface area contributed by atoms with Crippen LogP contribution in [0.1, 0.15) is 12.5 Å². The standard InChI is InChI=1S/C13H20Cl2N2O2.2ClH/c1-2-19-13-10(7-11(14)8-12(13)15)9-17-4-3-16-5-6-18;;/h7-8,16-18H,2-6,9H2,1H3;2*1H. The lowest BCUT2D eigenvalue weighted by Crippen LogP contribution is -2.28. The molecule has 1 aromatic rings. The number of aliphatic hydroxyl groups excluding tert-OH is 1. The summed E-state index contributed by atoms with van der Waals surface area (Å²) in [5.74, 6) is 0.685. The van der Waals surface area contributed by atoms with Gasteiger partial charge in [-0.3, -0.25) is 0 Å². The van der Waals surface area contributed by atoms with Crippen molar-refractivity contribution in [1.82, 2.24) is 10.6 Å². The third-order valence-electron chi connectivity index (χ3n) is 2.46. The topological polar surface area (TPSA) is 53.5 Å². The van der Waals surface area contributed by atoms with E-state index in [-0.39, 0.29) is 31.4 Å². The third-order valence-corrected chi connectivity index (χ3v) is 2.96. The minimum Gasteiger partial charge on any atom is -0.492 e. The van der Waals surface area contributed by atoms with Gasteiger partial charge >= 0.3 is 0 Å². The van der Waals surface area contributed by atoms with Crippen LogP contribution in [0.3, 0.4) is 0 Å². The molecule has 21 heavy (non-hydrogen) atoms. The van der Waals surface area contributed by atoms with Crippen molar-refractivity contribution in [2.24, 2.45) is 0 Å². The fourth-order valence-corrected chi connectivity index (χ4v) is 2.24. The van der Waals surface area contributed by atoms with Crippen molar-refractivity contribution in [3.8, 4) is 5.75 Å². The molecule has 0 atom stereocenters. The smallest absolute Gasteiger partial charge is 0.142 e. The van der Waals surface area contributed by atoms with Crippen LogP contribution in [0, 0.1) is 0 Å². The maximum Gasteiger partial charge on any atom is 0.142 e. The molecule has 0 saturated heterocycles. The van der Waals surface area contributed by atoms with E-state index in [0.717, 1.165) is 18.7 Å². The summed E-state index contributed by atoms with van der Waals surface area (Å²) in [5, 5.41) is 16.1. The minimum absolute atomic E-state index is 0. The van der Waals surface area contributed by atoms with Gasteiger partial charge in [-0.25, -0.2) is 0 Å². The molecule has 3 N–H and O–H groups in total. The third kappa shape index (κ3) is 8.94. The molecular formula is C13H22Cl4N2O2. The minimum atomic E-state index is 0. The summed E-state index contributed by atoms with van der Waals surface area (Å²) in [6.45, 7) is 5.45. The van der Waals surface area contributed by atoms with E-state index in [1.54, 1.807) is 6.07 Å². The molecule has 124 valence electrons. The number of ether oxygens (including phenoxy) is 1. The van der Waals surface area contributed by atoms with E-state index in [9.17, 15) is 0 Å². The summed E-state index contributed by atoms with van der Waals surface area (Å²) in [5.41, 5.74) is 0.946. The molecule has 1 rings (SSSR count). The van der Waals surface area contributed by atoms with Crippen molar-refractivity contribution in [3.05, 3.63) is 27.7 Å². The summed E-state index contributed by atoms with van der Waals surface area (Å²) < 4.78 is 5.54. The number of halogens is 4. The van der Waals surface area contributed by atoms with Gasteiger partial charge in [-0.05, 0) is 19.1 Å². The van der Waals surface area contributed by atoms with Gasteiger partial charge in [-0.15, -0.1) is 24.8 Å². The molecule has 0 fully saturated rings. The highest BCUT2D eigenvalue weighted by Crippen LogP contribution is 2.32. The van der Waals surface area contributed by atoms with Crippen LogP contribution in [0.5, 0.6) is 5.75 Å². The molecule has 0 aliphatic rings. The normalized spacial score (nSPS) is 9.71. The Labute approximate surface area is 148 Å². The molecule has 0 aliphatic carbocycles. The number of rotatable bonds is 9. The van der Waals surface area contributed by atoms with Crippen LogP contribution in [0.15, 0.2) is 12.1 Å². The lowest BCUT2D eigenvalue weighted by atomic mass is 10.2. The number of hydrogen-bond acceptors (Lipinski definition) is 4. The Balaban J connectivity index is 0. The average Bonchev–Trinajstić information content (AvgIpc) is 2.37. The number of hydrogen-bond donors (Lipinski definition) is 3. The highest BCUT2D eigenvalue weighted by molar-refractivity contribution is 6.35. The number of nitrogens with one attached hydrogen (secondary N) is 2. The van der Waals surface area contributed by atoms with Crippen LogP contribution in [-0.4, -0.2) is 38.0 Å². The van der Waals surface area contributed by atoms with Gasteiger partial charge in [0.25, 0.3) is 0 Å². The molecule has 0 aromatic heterocycles. The van der Waals surface area contributed by atoms with Gasteiger partial charge in [0.05, 0.1) is 18.2 Å². The highest BCUT2D eigenvalue weighted by Gasteiger charge is 2.09. The maximum absolute atomic E-state index is 8.63. The van der Waals surface area contributed by atoms with Crippen molar-refractivity contribution in [2.45, 2.75) is 13.5 Å². The number of benzene rings is 1. The van der Waals surface area contributed by atoms with E-state index in [4.69, 9.17) is 33.0 Å². The predicted octanol–water partition coefficient (Wildman–Crippen LogP) is 2.91. The molecule has 0 heterocycles. The first-order chi connectivity index (χ1) is 9.19. The zero-order valence-corrected chi connectivity index (χ0v) is 15.0. The molecule has 0 amide bonds. The van der Waals surface area contributed by atoms with Crippen molar-refractivity contribution < 1.29 is 9.84 Å². The van der Waals surface area contributed by atoms with Crippen LogP contribution in [0.4, 0.5) is 0 Å². The summed E-state index contributed by atoms with van der Waals surface area (Å²) in [7, 11) is 0. The predicted molar refractivity (Wildman–Crippen MR) is 93.8 cm³/mol. The maximum atomic E-state index is 8.63. The van der Waals surface area contributed by atoms with Gasteiger partial charge in [0.1, 0.15) is 5.75 Å². The summed E-state index contributed by atoms with van der Waals surface area (Å²) in [6.07, 6.45) is 0. The largest absolute Gasteiger partial charge is 0.492 e. The fraction of sp³-hybridized carbons (Fsp3) is 0.538. The molecule has 1 aromatic carbocycles. The van der Waals surface area contributed by atoms with Crippen LogP contribution in [0.2, 0.25) is 10.0 Å². The number of aliphatic hydroxyl groups is 1. The second-order valence-electron chi connectivity index (χ2n) is 3.96. The zero-order valence-electron chi connectivity index (χ0n) is 11.8. The fourth-order valence-electron chi connectivity index (χ4n) is 1.65. The highest BCUT2D eigenvalue weighted by atomic mass is 35.5. The lowest BCUT2D eigenvalue weighted by molar-refractivity contribution is 0.292. The van der Waals surface area contributed by atoms with Gasteiger partial charge in [-0.1, -0.05) is 23.2 Å². The monoisotopic (exact) mass is 378 g/mol.